The monoisotopic (exact) mass is 1250 g/mol. The van der Waals surface area contributed by atoms with Crippen molar-refractivity contribution in [3.8, 4) is 0 Å². The number of hydrogen-bond acceptors (Lipinski definition) is 18. The van der Waals surface area contributed by atoms with Gasteiger partial charge in [0.1, 0.15) is 69.3 Å². The molecule has 0 aliphatic heterocycles. The summed E-state index contributed by atoms with van der Waals surface area (Å²) in [4.78, 5) is 106. The van der Waals surface area contributed by atoms with Crippen LogP contribution in [0, 0.1) is 70.5 Å². The van der Waals surface area contributed by atoms with Crippen LogP contribution in [-0.2, 0) is 85.8 Å². The van der Waals surface area contributed by atoms with Gasteiger partial charge in [0.25, 0.3) is 0 Å². The Balaban J connectivity index is 0.000000187. The molecule has 0 amide bonds. The van der Waals surface area contributed by atoms with Gasteiger partial charge in [-0.1, -0.05) is 34.6 Å². The first kappa shape index (κ1) is 69.3. The predicted molar refractivity (Wildman–Crippen MR) is 294 cm³/mol. The Bertz CT molecular complexity index is 2390. The van der Waals surface area contributed by atoms with Gasteiger partial charge < -0.3 is 42.6 Å². The van der Waals surface area contributed by atoms with Crippen molar-refractivity contribution in [2.45, 2.75) is 231 Å². The van der Waals surface area contributed by atoms with E-state index in [1.54, 1.807) is 27.7 Å². The molecule has 12 rings (SSSR count). The summed E-state index contributed by atoms with van der Waals surface area (Å²) in [5, 5.41) is 0. The van der Waals surface area contributed by atoms with E-state index in [1.807, 2.05) is 20.8 Å². The SMILES string of the molecule is CCC(C)(C)C(=O)OCCOC(=O)C(F)(F)CC(=O)OC12CC3CC(CC(C3)C1)C2.CCC(C)C(=O)OCCOC(=O)C(F)(F)C(=O)OC12CC3CC(CC(C3)C1)C2.CCC(C)C(=O)OCCOC(=O)C(F)(F)CC(=O)OC12CC3CC(CC(C3)C1)C2. The summed E-state index contributed by atoms with van der Waals surface area (Å²) < 4.78 is 129. The van der Waals surface area contributed by atoms with Crippen LogP contribution in [0.3, 0.4) is 0 Å². The molecule has 0 heterocycles. The third-order valence-corrected chi connectivity index (χ3v) is 19.9. The number of halogens is 6. The molecule has 2 atom stereocenters. The fourth-order valence-electron chi connectivity index (χ4n) is 16.0. The van der Waals surface area contributed by atoms with Gasteiger partial charge in [-0.2, -0.15) is 26.3 Å². The lowest BCUT2D eigenvalue weighted by molar-refractivity contribution is -0.216. The van der Waals surface area contributed by atoms with Gasteiger partial charge in [-0.25, -0.2) is 19.2 Å². The van der Waals surface area contributed by atoms with Gasteiger partial charge in [-0.15, -0.1) is 0 Å². The lowest BCUT2D eigenvalue weighted by atomic mass is 9.54. The number of carbonyl (C=O) groups is 9. The molecule has 12 bridgehead atoms. The first-order valence-electron chi connectivity index (χ1n) is 31.5. The first-order valence-corrected chi connectivity index (χ1v) is 31.5. The van der Waals surface area contributed by atoms with E-state index in [1.165, 1.54) is 0 Å². The van der Waals surface area contributed by atoms with Gasteiger partial charge in [0.05, 0.1) is 17.3 Å². The van der Waals surface area contributed by atoms with Crippen LogP contribution in [-0.4, -0.2) is 128 Å². The molecule has 492 valence electrons. The van der Waals surface area contributed by atoms with E-state index >= 15 is 0 Å². The van der Waals surface area contributed by atoms with Crippen LogP contribution >= 0.6 is 0 Å². The zero-order valence-corrected chi connectivity index (χ0v) is 51.5. The largest absolute Gasteiger partial charge is 0.462 e. The molecule has 0 spiro atoms. The van der Waals surface area contributed by atoms with Crippen LogP contribution in [0.1, 0.15) is 196 Å². The Morgan fingerprint density at radius 1 is 0.379 bits per heavy atom. The van der Waals surface area contributed by atoms with Gasteiger partial charge >= 0.3 is 71.5 Å². The summed E-state index contributed by atoms with van der Waals surface area (Å²) in [6.45, 7) is 9.71. The molecule has 12 aliphatic rings. The predicted octanol–water partition coefficient (Wildman–Crippen LogP) is 11.0. The minimum atomic E-state index is -4.37. The Kier molecular flexibility index (Phi) is 22.6. The average molecular weight is 1250 g/mol. The highest BCUT2D eigenvalue weighted by Gasteiger charge is 2.60. The third-order valence-electron chi connectivity index (χ3n) is 19.9. The number of esters is 9. The van der Waals surface area contributed by atoms with Gasteiger partial charge in [0.2, 0.25) is 0 Å². The molecule has 12 fully saturated rings. The second-order valence-electron chi connectivity index (χ2n) is 27.7. The van der Waals surface area contributed by atoms with Crippen molar-refractivity contribution in [1.82, 2.24) is 0 Å². The van der Waals surface area contributed by atoms with Crippen LogP contribution in [0.4, 0.5) is 26.3 Å². The van der Waals surface area contributed by atoms with Crippen LogP contribution in [0.2, 0.25) is 0 Å². The minimum Gasteiger partial charge on any atom is -0.462 e. The zero-order chi connectivity index (χ0) is 63.9. The summed E-state index contributed by atoms with van der Waals surface area (Å²) in [5.74, 6) is -19.7. The lowest BCUT2D eigenvalue weighted by Crippen LogP contribution is -2.55. The van der Waals surface area contributed by atoms with Gasteiger partial charge in [0, 0.05) is 0 Å². The summed E-state index contributed by atoms with van der Waals surface area (Å²) in [6.07, 6.45) is 15.3. The Labute approximate surface area is 505 Å². The topological polar surface area (TPSA) is 237 Å². The smallest absolute Gasteiger partial charge is 0.437 e. The fraction of sp³-hybridized carbons (Fsp3) is 0.857. The molecule has 12 aliphatic carbocycles. The van der Waals surface area contributed by atoms with E-state index in [-0.39, 0.29) is 31.7 Å². The molecule has 2 unspecified atom stereocenters. The van der Waals surface area contributed by atoms with E-state index in [4.69, 9.17) is 28.4 Å². The molecule has 0 aromatic heterocycles. The highest BCUT2D eigenvalue weighted by molar-refractivity contribution is 6.01. The van der Waals surface area contributed by atoms with E-state index < -0.39 is 126 Å². The molecular weight excluding hydrogens is 1160 g/mol. The van der Waals surface area contributed by atoms with Crippen molar-refractivity contribution < 1.29 is 112 Å². The van der Waals surface area contributed by atoms with Crippen molar-refractivity contribution in [1.29, 1.82) is 0 Å². The quantitative estimate of drug-likeness (QED) is 0.0257. The third kappa shape index (κ3) is 18.0. The van der Waals surface area contributed by atoms with E-state index in [9.17, 15) is 69.5 Å². The van der Waals surface area contributed by atoms with Gasteiger partial charge in [-0.05, 0) is 202 Å². The summed E-state index contributed by atoms with van der Waals surface area (Å²) in [6, 6.07) is 0. The molecular formula is C63H90F6O18. The van der Waals surface area contributed by atoms with Crippen LogP contribution in [0.25, 0.3) is 0 Å². The second kappa shape index (κ2) is 28.3. The molecule has 0 aromatic rings. The number of alkyl halides is 6. The highest BCUT2D eigenvalue weighted by Crippen LogP contribution is 2.60. The summed E-state index contributed by atoms with van der Waals surface area (Å²) >= 11 is 0. The van der Waals surface area contributed by atoms with E-state index in [0.717, 1.165) is 96.3 Å². The van der Waals surface area contributed by atoms with Crippen molar-refractivity contribution in [2.75, 3.05) is 39.6 Å². The minimum absolute atomic E-state index is 0.303. The van der Waals surface area contributed by atoms with Crippen molar-refractivity contribution in [3.05, 3.63) is 0 Å². The maximum Gasteiger partial charge on any atom is 0.437 e. The Morgan fingerprint density at radius 3 is 0.908 bits per heavy atom. The normalized spacial score (nSPS) is 31.1. The molecule has 0 N–H and O–H groups in total. The molecule has 0 aromatic carbocycles. The zero-order valence-electron chi connectivity index (χ0n) is 51.5. The molecule has 12 saturated carbocycles. The molecule has 0 saturated heterocycles. The Morgan fingerprint density at radius 2 is 0.632 bits per heavy atom. The molecule has 18 nitrogen and oxygen atoms in total. The van der Waals surface area contributed by atoms with Crippen molar-refractivity contribution in [3.63, 3.8) is 0 Å². The molecule has 0 radical (unpaired) electrons. The highest BCUT2D eigenvalue weighted by atomic mass is 19.3. The number of carbonyl (C=O) groups excluding carboxylic acids is 9. The van der Waals surface area contributed by atoms with Crippen LogP contribution in [0.5, 0.6) is 0 Å². The maximum absolute atomic E-state index is 14.2. The summed E-state index contributed by atoms with van der Waals surface area (Å²) in [5.41, 5.74) is -2.82. The second-order valence-corrected chi connectivity index (χ2v) is 27.7. The van der Waals surface area contributed by atoms with Crippen molar-refractivity contribution >= 4 is 53.7 Å². The van der Waals surface area contributed by atoms with Crippen LogP contribution in [0.15, 0.2) is 0 Å². The average Bonchev–Trinajstić information content (AvgIpc) is 0.994. The summed E-state index contributed by atoms with van der Waals surface area (Å²) in [7, 11) is 0. The van der Waals surface area contributed by atoms with Crippen LogP contribution < -0.4 is 0 Å². The fourth-order valence-corrected chi connectivity index (χ4v) is 16.0. The lowest BCUT2D eigenvalue weighted by Gasteiger charge is -2.55. The van der Waals surface area contributed by atoms with Gasteiger partial charge in [-0.3, -0.25) is 24.0 Å². The van der Waals surface area contributed by atoms with E-state index in [0.29, 0.717) is 91.8 Å². The number of hydrogen-bond donors (Lipinski definition) is 0. The standard InChI is InChI=1S/C22H32F2O6.C21H30F2O6.C20H28F2O6/c1-4-20(2,3)18(26)28-5-6-29-19(27)22(23,24)13-17(25)30-21-10-14-7-15(11-21)9-16(8-14)12-21;1-3-13(2)18(25)27-4-5-28-19(26)21(22,23)12-17(24)29-20-9-14-6-15(10-20)8-16(7-14)11-20;1-3-12(2)16(23)26-4-5-27-17(24)20(21,22)18(25)28-19-9-13-6-14(10-19)8-15(7-13)11-19/h14-16H,4-13H2,1-3H3;13-16H,3-12H2,1-2H3;12-15H,3-11H2,1-2H3. The van der Waals surface area contributed by atoms with Gasteiger partial charge in [0.15, 0.2) is 0 Å². The molecule has 87 heavy (non-hydrogen) atoms. The maximum atomic E-state index is 14.2. The number of rotatable bonds is 26. The first-order chi connectivity index (χ1) is 40.7. The van der Waals surface area contributed by atoms with E-state index in [2.05, 4.69) is 14.2 Å². The number of ether oxygens (including phenoxy) is 9. The molecule has 24 heteroatoms. The van der Waals surface area contributed by atoms with Crippen molar-refractivity contribution in [2.24, 2.45) is 70.5 Å². The Hall–Kier alpha value is -5.19.